The predicted molar refractivity (Wildman–Crippen MR) is 105 cm³/mol. The second-order valence-corrected chi connectivity index (χ2v) is 9.02. The SMILES string of the molecule is Cc1ncc(CC(=O)NC2CCC(n3nc4c(cc3=O)CCCC4)CC2)s1. The Morgan fingerprint density at radius 1 is 1.26 bits per heavy atom. The van der Waals surface area contributed by atoms with Gasteiger partial charge in [0.1, 0.15) is 0 Å². The first-order valence-electron chi connectivity index (χ1n) is 9.91. The van der Waals surface area contributed by atoms with Crippen LogP contribution in [0, 0.1) is 6.92 Å². The van der Waals surface area contributed by atoms with E-state index in [1.807, 2.05) is 6.92 Å². The van der Waals surface area contributed by atoms with Gasteiger partial charge in [-0.1, -0.05) is 0 Å². The van der Waals surface area contributed by atoms with Gasteiger partial charge in [-0.2, -0.15) is 5.10 Å². The van der Waals surface area contributed by atoms with Crippen molar-refractivity contribution >= 4 is 17.2 Å². The Morgan fingerprint density at radius 2 is 2.04 bits per heavy atom. The number of carbonyl (C=O) groups is 1. The first kappa shape index (κ1) is 18.3. The third-order valence-electron chi connectivity index (χ3n) is 5.64. The molecule has 0 bridgehead atoms. The molecule has 0 saturated heterocycles. The normalized spacial score (nSPS) is 22.3. The molecule has 2 aromatic heterocycles. The van der Waals surface area contributed by atoms with Crippen LogP contribution in [0.25, 0.3) is 0 Å². The fourth-order valence-corrected chi connectivity index (χ4v) is 5.02. The van der Waals surface area contributed by atoms with E-state index < -0.39 is 0 Å². The number of fused-ring (bicyclic) bond motifs is 1. The number of hydrogen-bond acceptors (Lipinski definition) is 5. The summed E-state index contributed by atoms with van der Waals surface area (Å²) in [4.78, 5) is 29.9. The Bertz CT molecular complexity index is 880. The molecule has 7 heteroatoms. The van der Waals surface area contributed by atoms with E-state index in [1.165, 1.54) is 0 Å². The van der Waals surface area contributed by atoms with E-state index in [0.29, 0.717) is 6.42 Å². The first-order valence-corrected chi connectivity index (χ1v) is 10.7. The minimum atomic E-state index is 0.0312. The number of aryl methyl sites for hydroxylation is 3. The average Bonchev–Trinajstić information content (AvgIpc) is 3.06. The predicted octanol–water partition coefficient (Wildman–Crippen LogP) is 2.73. The lowest BCUT2D eigenvalue weighted by molar-refractivity contribution is -0.121. The van der Waals surface area contributed by atoms with Crippen LogP contribution in [0.5, 0.6) is 0 Å². The molecule has 0 atom stereocenters. The molecule has 1 N–H and O–H groups in total. The summed E-state index contributed by atoms with van der Waals surface area (Å²) in [6, 6.07) is 2.14. The van der Waals surface area contributed by atoms with Crippen molar-refractivity contribution in [2.75, 3.05) is 0 Å². The van der Waals surface area contributed by atoms with Crippen molar-refractivity contribution in [2.45, 2.75) is 76.8 Å². The fraction of sp³-hybridized carbons (Fsp3) is 0.600. The topological polar surface area (TPSA) is 76.9 Å². The highest BCUT2D eigenvalue weighted by atomic mass is 32.1. The maximum atomic E-state index is 12.5. The van der Waals surface area contributed by atoms with Crippen LogP contribution in [0.3, 0.4) is 0 Å². The third kappa shape index (κ3) is 4.29. The summed E-state index contributed by atoms with van der Waals surface area (Å²) in [6.07, 6.45) is 10.0. The van der Waals surface area contributed by atoms with Gasteiger partial charge in [0.25, 0.3) is 5.56 Å². The van der Waals surface area contributed by atoms with E-state index in [1.54, 1.807) is 28.3 Å². The van der Waals surface area contributed by atoms with Crippen LogP contribution in [0.2, 0.25) is 0 Å². The van der Waals surface area contributed by atoms with Crippen LogP contribution >= 0.6 is 11.3 Å². The molecule has 0 aliphatic heterocycles. The van der Waals surface area contributed by atoms with E-state index in [9.17, 15) is 9.59 Å². The van der Waals surface area contributed by atoms with Crippen molar-refractivity contribution in [3.63, 3.8) is 0 Å². The molecular formula is C20H26N4O2S. The standard InChI is InChI=1S/C20H26N4O2S/c1-13-21-12-17(27-13)11-19(25)22-15-6-8-16(9-7-15)24-20(26)10-14-4-2-3-5-18(14)23-24/h10,12,15-16H,2-9,11H2,1H3,(H,22,25). The third-order valence-corrected chi connectivity index (χ3v) is 6.56. The highest BCUT2D eigenvalue weighted by Gasteiger charge is 2.26. The summed E-state index contributed by atoms with van der Waals surface area (Å²) in [6.45, 7) is 1.95. The molecule has 1 fully saturated rings. The van der Waals surface area contributed by atoms with Gasteiger partial charge in [-0.15, -0.1) is 11.3 Å². The summed E-state index contributed by atoms with van der Waals surface area (Å²) in [5.41, 5.74) is 2.28. The molecule has 2 aliphatic carbocycles. The molecule has 144 valence electrons. The maximum Gasteiger partial charge on any atom is 0.267 e. The van der Waals surface area contributed by atoms with Gasteiger partial charge in [-0.3, -0.25) is 9.59 Å². The van der Waals surface area contributed by atoms with Gasteiger partial charge in [-0.25, -0.2) is 9.67 Å². The molecule has 6 nitrogen and oxygen atoms in total. The number of thiazole rings is 1. The molecule has 0 spiro atoms. The molecule has 27 heavy (non-hydrogen) atoms. The lowest BCUT2D eigenvalue weighted by atomic mass is 9.91. The van der Waals surface area contributed by atoms with Gasteiger partial charge in [-0.05, 0) is 63.9 Å². The first-order chi connectivity index (χ1) is 13.1. The highest BCUT2D eigenvalue weighted by molar-refractivity contribution is 7.11. The molecule has 1 amide bonds. The number of rotatable bonds is 4. The average molecular weight is 387 g/mol. The van der Waals surface area contributed by atoms with Crippen molar-refractivity contribution in [3.8, 4) is 0 Å². The van der Waals surface area contributed by atoms with E-state index in [2.05, 4.69) is 10.3 Å². The van der Waals surface area contributed by atoms with Crippen LogP contribution in [-0.2, 0) is 24.1 Å². The summed E-state index contributed by atoms with van der Waals surface area (Å²) < 4.78 is 1.71. The van der Waals surface area contributed by atoms with Crippen molar-refractivity contribution in [2.24, 2.45) is 0 Å². The Kier molecular flexibility index (Phi) is 5.38. The van der Waals surface area contributed by atoms with Gasteiger partial charge in [0.05, 0.1) is 23.2 Å². The number of carbonyl (C=O) groups excluding carboxylic acids is 1. The summed E-state index contributed by atoms with van der Waals surface area (Å²) in [7, 11) is 0. The van der Waals surface area contributed by atoms with Crippen molar-refractivity contribution in [1.29, 1.82) is 0 Å². The molecule has 0 radical (unpaired) electrons. The monoisotopic (exact) mass is 386 g/mol. The van der Waals surface area contributed by atoms with E-state index in [0.717, 1.165) is 72.5 Å². The highest BCUT2D eigenvalue weighted by Crippen LogP contribution is 2.28. The van der Waals surface area contributed by atoms with Crippen molar-refractivity contribution in [1.82, 2.24) is 20.1 Å². The molecular weight excluding hydrogens is 360 g/mol. The molecule has 0 unspecified atom stereocenters. The summed E-state index contributed by atoms with van der Waals surface area (Å²) in [5.74, 6) is 0.0613. The number of nitrogens with zero attached hydrogens (tertiary/aromatic N) is 3. The number of aromatic nitrogens is 3. The maximum absolute atomic E-state index is 12.5. The van der Waals surface area contributed by atoms with Gasteiger partial charge in [0, 0.05) is 23.2 Å². The molecule has 2 aromatic rings. The van der Waals surface area contributed by atoms with E-state index in [-0.39, 0.29) is 23.6 Å². The van der Waals surface area contributed by atoms with Crippen LogP contribution in [0.4, 0.5) is 0 Å². The Balaban J connectivity index is 1.34. The lowest BCUT2D eigenvalue weighted by Crippen LogP contribution is -2.40. The fourth-order valence-electron chi connectivity index (χ4n) is 4.23. The zero-order chi connectivity index (χ0) is 18.8. The Hall–Kier alpha value is -2.02. The van der Waals surface area contributed by atoms with Crippen LogP contribution in [-0.4, -0.2) is 26.7 Å². The second-order valence-electron chi connectivity index (χ2n) is 7.70. The smallest absolute Gasteiger partial charge is 0.267 e. The molecule has 1 saturated carbocycles. The largest absolute Gasteiger partial charge is 0.353 e. The van der Waals surface area contributed by atoms with Gasteiger partial charge in [0.2, 0.25) is 5.91 Å². The zero-order valence-electron chi connectivity index (χ0n) is 15.7. The van der Waals surface area contributed by atoms with E-state index >= 15 is 0 Å². The van der Waals surface area contributed by atoms with Crippen LogP contribution in [0.1, 0.15) is 65.7 Å². The second kappa shape index (κ2) is 7.92. The number of hydrogen-bond donors (Lipinski definition) is 1. The quantitative estimate of drug-likeness (QED) is 0.876. The molecule has 2 heterocycles. The van der Waals surface area contributed by atoms with Crippen LogP contribution in [0.15, 0.2) is 17.1 Å². The minimum absolute atomic E-state index is 0.0312. The Morgan fingerprint density at radius 3 is 2.78 bits per heavy atom. The number of nitrogens with one attached hydrogen (secondary N) is 1. The van der Waals surface area contributed by atoms with Gasteiger partial charge in [0.15, 0.2) is 0 Å². The van der Waals surface area contributed by atoms with E-state index in [4.69, 9.17) is 5.10 Å². The molecule has 4 rings (SSSR count). The van der Waals surface area contributed by atoms with Crippen LogP contribution < -0.4 is 10.9 Å². The van der Waals surface area contributed by atoms with Gasteiger partial charge >= 0.3 is 0 Å². The summed E-state index contributed by atoms with van der Waals surface area (Å²) >= 11 is 1.57. The molecule has 2 aliphatic rings. The Labute approximate surface area is 163 Å². The summed E-state index contributed by atoms with van der Waals surface area (Å²) in [5, 5.41) is 8.82. The zero-order valence-corrected chi connectivity index (χ0v) is 16.6. The molecule has 0 aromatic carbocycles. The van der Waals surface area contributed by atoms with Crippen molar-refractivity contribution in [3.05, 3.63) is 43.8 Å². The lowest BCUT2D eigenvalue weighted by Gasteiger charge is -2.30. The number of amides is 1. The minimum Gasteiger partial charge on any atom is -0.353 e. The van der Waals surface area contributed by atoms with Crippen molar-refractivity contribution < 1.29 is 4.79 Å². The van der Waals surface area contributed by atoms with Gasteiger partial charge < -0.3 is 5.32 Å².